The quantitative estimate of drug-likeness (QED) is 0.780. The summed E-state index contributed by atoms with van der Waals surface area (Å²) in [6.45, 7) is 2.82. The molecule has 5 heteroatoms. The van der Waals surface area contributed by atoms with Crippen LogP contribution in [0.4, 0.5) is 0 Å². The van der Waals surface area contributed by atoms with E-state index in [-0.39, 0.29) is 24.4 Å². The van der Waals surface area contributed by atoms with Crippen LogP contribution in [-0.2, 0) is 11.2 Å². The zero-order chi connectivity index (χ0) is 16.5. The predicted octanol–water partition coefficient (Wildman–Crippen LogP) is 3.48. The molecule has 4 nitrogen and oxygen atoms in total. The lowest BCUT2D eigenvalue weighted by molar-refractivity contribution is -0.122. The molecular weight excluding hydrogens is 334 g/mol. The Morgan fingerprint density at radius 2 is 2.12 bits per heavy atom. The zero-order valence-electron chi connectivity index (χ0n) is 14.8. The first-order valence-electron chi connectivity index (χ1n) is 9.31. The first-order chi connectivity index (χ1) is 11.7. The summed E-state index contributed by atoms with van der Waals surface area (Å²) in [5, 5.41) is 7.96. The molecule has 1 aliphatic carbocycles. The van der Waals surface area contributed by atoms with Gasteiger partial charge in [0.15, 0.2) is 0 Å². The largest absolute Gasteiger partial charge is 0.361 e. The lowest BCUT2D eigenvalue weighted by Gasteiger charge is -2.24. The Labute approximate surface area is 155 Å². The highest BCUT2D eigenvalue weighted by molar-refractivity contribution is 5.86. The van der Waals surface area contributed by atoms with Crippen molar-refractivity contribution in [1.29, 1.82) is 0 Å². The number of aryl methyl sites for hydroxylation is 1. The third kappa shape index (κ3) is 3.70. The number of rotatable bonds is 4. The number of hydrogen-bond acceptors (Lipinski definition) is 2. The number of halogens is 1. The van der Waals surface area contributed by atoms with Crippen molar-refractivity contribution >= 4 is 29.2 Å². The standard InChI is InChI=1S/C20H27N3O.ClH/c1-13-5-4-7-16-15(12-22-19(13)16)9-10-21-20(24)18-11-14-6-2-3-8-17(14)23-18;/h4-5,7,12,14,17-18,22-23H,2-3,6,8-11H2,1H3,(H,21,24);1H. The SMILES string of the molecule is Cc1cccc2c(CCNC(=O)C3CC4CCCCC4N3)c[nH]c12.Cl. The molecular formula is C20H28ClN3O. The Morgan fingerprint density at radius 1 is 1.28 bits per heavy atom. The van der Waals surface area contributed by atoms with Gasteiger partial charge in [0, 0.05) is 29.7 Å². The van der Waals surface area contributed by atoms with Crippen LogP contribution in [0.3, 0.4) is 0 Å². The van der Waals surface area contributed by atoms with Crippen molar-refractivity contribution < 1.29 is 4.79 Å². The van der Waals surface area contributed by atoms with Gasteiger partial charge in [-0.25, -0.2) is 0 Å². The topological polar surface area (TPSA) is 56.9 Å². The van der Waals surface area contributed by atoms with Crippen LogP contribution in [-0.4, -0.2) is 29.5 Å². The van der Waals surface area contributed by atoms with Crippen molar-refractivity contribution in [1.82, 2.24) is 15.6 Å². The summed E-state index contributed by atoms with van der Waals surface area (Å²) < 4.78 is 0. The first-order valence-corrected chi connectivity index (χ1v) is 9.31. The Hall–Kier alpha value is -1.52. The number of carbonyl (C=O) groups is 1. The average Bonchev–Trinajstić information content (AvgIpc) is 3.20. The van der Waals surface area contributed by atoms with E-state index in [0.717, 1.165) is 12.8 Å². The number of aromatic nitrogens is 1. The minimum atomic E-state index is 0. The summed E-state index contributed by atoms with van der Waals surface area (Å²) in [6, 6.07) is 6.96. The molecule has 136 valence electrons. The smallest absolute Gasteiger partial charge is 0.237 e. The monoisotopic (exact) mass is 361 g/mol. The lowest BCUT2D eigenvalue weighted by Crippen LogP contribution is -2.43. The Bertz CT molecular complexity index is 728. The van der Waals surface area contributed by atoms with E-state index in [2.05, 4.69) is 46.9 Å². The zero-order valence-corrected chi connectivity index (χ0v) is 15.6. The second kappa shape index (κ2) is 7.79. The second-order valence-electron chi connectivity index (χ2n) is 7.46. The fraction of sp³-hybridized carbons (Fsp3) is 0.550. The van der Waals surface area contributed by atoms with Crippen LogP contribution < -0.4 is 10.6 Å². The van der Waals surface area contributed by atoms with Crippen molar-refractivity contribution in [2.45, 2.75) is 57.5 Å². The third-order valence-electron chi connectivity index (χ3n) is 5.88. The van der Waals surface area contributed by atoms with Gasteiger partial charge in [0.25, 0.3) is 0 Å². The molecule has 1 saturated carbocycles. The van der Waals surface area contributed by atoms with Crippen LogP contribution in [0.15, 0.2) is 24.4 Å². The minimum absolute atomic E-state index is 0. The van der Waals surface area contributed by atoms with E-state index >= 15 is 0 Å². The fourth-order valence-electron chi connectivity index (χ4n) is 4.54. The summed E-state index contributed by atoms with van der Waals surface area (Å²) in [5.74, 6) is 0.895. The molecule has 2 aliphatic rings. The van der Waals surface area contributed by atoms with Gasteiger partial charge < -0.3 is 15.6 Å². The molecule has 2 aromatic rings. The highest BCUT2D eigenvalue weighted by Gasteiger charge is 2.37. The molecule has 0 radical (unpaired) electrons. The average molecular weight is 362 g/mol. The number of hydrogen-bond donors (Lipinski definition) is 3. The predicted molar refractivity (Wildman–Crippen MR) is 104 cm³/mol. The van der Waals surface area contributed by atoms with Crippen LogP contribution in [0.5, 0.6) is 0 Å². The van der Waals surface area contributed by atoms with Crippen LogP contribution in [0.2, 0.25) is 0 Å². The highest BCUT2D eigenvalue weighted by Crippen LogP contribution is 2.33. The van der Waals surface area contributed by atoms with E-state index in [1.807, 2.05) is 0 Å². The summed E-state index contributed by atoms with van der Waals surface area (Å²) >= 11 is 0. The van der Waals surface area contributed by atoms with E-state index in [9.17, 15) is 4.79 Å². The molecule has 2 heterocycles. The molecule has 1 aromatic carbocycles. The van der Waals surface area contributed by atoms with E-state index in [1.54, 1.807) is 0 Å². The van der Waals surface area contributed by atoms with Crippen molar-refractivity contribution in [2.75, 3.05) is 6.54 Å². The Kier molecular flexibility index (Phi) is 5.70. The number of carbonyl (C=O) groups excluding carboxylic acids is 1. The van der Waals surface area contributed by atoms with Gasteiger partial charge in [-0.1, -0.05) is 31.0 Å². The highest BCUT2D eigenvalue weighted by atomic mass is 35.5. The first kappa shape index (κ1) is 18.3. The van der Waals surface area contributed by atoms with Gasteiger partial charge in [-0.3, -0.25) is 4.79 Å². The lowest BCUT2D eigenvalue weighted by atomic mass is 9.85. The van der Waals surface area contributed by atoms with E-state index < -0.39 is 0 Å². The number of fused-ring (bicyclic) bond motifs is 2. The van der Waals surface area contributed by atoms with Crippen LogP contribution in [0.1, 0.15) is 43.2 Å². The summed E-state index contributed by atoms with van der Waals surface area (Å²) in [7, 11) is 0. The molecule has 0 spiro atoms. The maximum Gasteiger partial charge on any atom is 0.237 e. The van der Waals surface area contributed by atoms with Gasteiger partial charge in [0.1, 0.15) is 0 Å². The van der Waals surface area contributed by atoms with E-state index in [0.29, 0.717) is 18.5 Å². The molecule has 25 heavy (non-hydrogen) atoms. The molecule has 1 amide bonds. The molecule has 1 aromatic heterocycles. The van der Waals surface area contributed by atoms with E-state index in [1.165, 1.54) is 47.7 Å². The van der Waals surface area contributed by atoms with Crippen LogP contribution in [0.25, 0.3) is 10.9 Å². The number of amides is 1. The third-order valence-corrected chi connectivity index (χ3v) is 5.88. The van der Waals surface area contributed by atoms with Gasteiger partial charge in [-0.05, 0) is 49.7 Å². The Morgan fingerprint density at radius 3 is 2.96 bits per heavy atom. The molecule has 0 bridgehead atoms. The fourth-order valence-corrected chi connectivity index (χ4v) is 4.54. The molecule has 2 fully saturated rings. The molecule has 1 aliphatic heterocycles. The van der Waals surface area contributed by atoms with Gasteiger partial charge in [0.05, 0.1) is 6.04 Å². The number of nitrogens with one attached hydrogen (secondary N) is 3. The summed E-state index contributed by atoms with van der Waals surface area (Å²) in [4.78, 5) is 15.8. The van der Waals surface area contributed by atoms with Crippen molar-refractivity contribution in [2.24, 2.45) is 5.92 Å². The Balaban J connectivity index is 0.00000182. The molecule has 3 unspecified atom stereocenters. The molecule has 3 atom stereocenters. The van der Waals surface area contributed by atoms with Crippen LogP contribution >= 0.6 is 12.4 Å². The molecule has 4 rings (SSSR count). The maximum atomic E-state index is 12.5. The van der Waals surface area contributed by atoms with Crippen molar-refractivity contribution in [3.63, 3.8) is 0 Å². The molecule has 1 saturated heterocycles. The normalized spacial score (nSPS) is 25.4. The van der Waals surface area contributed by atoms with Crippen LogP contribution in [0, 0.1) is 12.8 Å². The van der Waals surface area contributed by atoms with Crippen molar-refractivity contribution in [3.05, 3.63) is 35.5 Å². The molecule has 3 N–H and O–H groups in total. The van der Waals surface area contributed by atoms with E-state index in [4.69, 9.17) is 0 Å². The van der Waals surface area contributed by atoms with Gasteiger partial charge in [-0.15, -0.1) is 12.4 Å². The number of aromatic amines is 1. The van der Waals surface area contributed by atoms with Gasteiger partial charge in [-0.2, -0.15) is 0 Å². The van der Waals surface area contributed by atoms with Crippen molar-refractivity contribution in [3.8, 4) is 0 Å². The summed E-state index contributed by atoms with van der Waals surface area (Å²) in [5.41, 5.74) is 3.75. The number of H-pyrrole nitrogens is 1. The second-order valence-corrected chi connectivity index (χ2v) is 7.46. The maximum absolute atomic E-state index is 12.5. The number of para-hydroxylation sites is 1. The minimum Gasteiger partial charge on any atom is -0.361 e. The van der Waals surface area contributed by atoms with Gasteiger partial charge in [0.2, 0.25) is 5.91 Å². The summed E-state index contributed by atoms with van der Waals surface area (Å²) in [6.07, 6.45) is 9.13. The number of benzene rings is 1. The van der Waals surface area contributed by atoms with Gasteiger partial charge >= 0.3 is 0 Å².